The van der Waals surface area contributed by atoms with Crippen LogP contribution < -0.4 is 25.2 Å². The van der Waals surface area contributed by atoms with Crippen LogP contribution in [0.25, 0.3) is 10.9 Å². The van der Waals surface area contributed by atoms with Gasteiger partial charge in [0.15, 0.2) is 0 Å². The zero-order valence-corrected chi connectivity index (χ0v) is 36.0. The molecular weight excluding hydrogens is 807 g/mol. The molecule has 4 aliphatic heterocycles. The predicted octanol–water partition coefficient (Wildman–Crippen LogP) is 5.80. The van der Waals surface area contributed by atoms with Crippen LogP contribution in [0.4, 0.5) is 20.2 Å². The van der Waals surface area contributed by atoms with Crippen molar-refractivity contribution in [2.45, 2.75) is 78.1 Å². The fourth-order valence-corrected chi connectivity index (χ4v) is 11.1. The van der Waals surface area contributed by atoms with E-state index < -0.39 is 40.3 Å². The first-order valence-corrected chi connectivity index (χ1v) is 21.9. The van der Waals surface area contributed by atoms with E-state index in [2.05, 4.69) is 59.2 Å². The van der Waals surface area contributed by atoms with Crippen molar-refractivity contribution in [2.75, 3.05) is 55.6 Å². The molecule has 5 heterocycles. The number of halogens is 2. The fourth-order valence-electron chi connectivity index (χ4n) is 11.1. The number of amides is 4. The number of nitrogens with zero attached hydrogens (tertiary/aromatic N) is 6. The number of rotatable bonds is 9. The van der Waals surface area contributed by atoms with Crippen molar-refractivity contribution in [3.05, 3.63) is 94.7 Å². The Kier molecular flexibility index (Phi) is 10.8. The average Bonchev–Trinajstić information content (AvgIpc) is 3.58. The van der Waals surface area contributed by atoms with Crippen molar-refractivity contribution >= 4 is 45.9 Å². The van der Waals surface area contributed by atoms with E-state index in [1.54, 1.807) is 36.5 Å². The molecule has 5 aliphatic rings. The van der Waals surface area contributed by atoms with Gasteiger partial charge in [0.25, 0.3) is 11.8 Å². The Hall–Kier alpha value is -6.14. The van der Waals surface area contributed by atoms with Crippen LogP contribution in [0.5, 0.6) is 5.75 Å². The highest BCUT2D eigenvalue weighted by molar-refractivity contribution is 6.05. The van der Waals surface area contributed by atoms with Gasteiger partial charge >= 0.3 is 0 Å². The number of pyridine rings is 1. The van der Waals surface area contributed by atoms with Crippen molar-refractivity contribution in [3.63, 3.8) is 0 Å². The summed E-state index contributed by atoms with van der Waals surface area (Å²) < 4.78 is 37.9. The standard InChI is InChI=1S/C48H52F2N8O5/c1-47(2)45(48(3,4)46(47)63-39-11-8-30(25-51)41-32(39)6-5-15-52-41)54-42(60)29-7-9-36(34(49)22-29)56-16-13-28(14-17-56)26-55-18-20-57(21-19-55)38-23-31-27-58(44(62)33(31)24-35(38)50)37-10-12-40(59)53-43(37)61/h5-9,11,15,22-24,28,37,45-46H,10,12-14,16-21,26-27H2,1-4H3,(H,54,60)(H,53,59,61)/t37-,45?,46?/m0/s1. The Labute approximate surface area is 365 Å². The second-order valence-corrected chi connectivity index (χ2v) is 18.9. The summed E-state index contributed by atoms with van der Waals surface area (Å²) in [5.41, 5.74) is 2.26. The first-order valence-electron chi connectivity index (χ1n) is 21.9. The molecule has 63 heavy (non-hydrogen) atoms. The molecule has 2 N–H and O–H groups in total. The number of piperidine rings is 2. The van der Waals surface area contributed by atoms with Gasteiger partial charge in [-0.25, -0.2) is 8.78 Å². The molecule has 1 saturated carbocycles. The van der Waals surface area contributed by atoms with Gasteiger partial charge in [-0.2, -0.15) is 5.26 Å². The maximum atomic E-state index is 15.8. The van der Waals surface area contributed by atoms with Gasteiger partial charge in [-0.3, -0.25) is 34.4 Å². The van der Waals surface area contributed by atoms with Crippen LogP contribution in [0, 0.1) is 39.7 Å². The molecule has 0 unspecified atom stereocenters. The molecule has 13 nitrogen and oxygen atoms in total. The molecule has 0 bridgehead atoms. The van der Waals surface area contributed by atoms with Gasteiger partial charge in [-0.15, -0.1) is 0 Å². The summed E-state index contributed by atoms with van der Waals surface area (Å²) in [6.45, 7) is 13.4. The monoisotopic (exact) mass is 858 g/mol. The van der Waals surface area contributed by atoms with Gasteiger partial charge < -0.3 is 24.8 Å². The number of nitriles is 1. The average molecular weight is 859 g/mol. The van der Waals surface area contributed by atoms with Crippen LogP contribution in [-0.2, 0) is 16.1 Å². The van der Waals surface area contributed by atoms with Crippen LogP contribution in [0.2, 0.25) is 0 Å². The summed E-state index contributed by atoms with van der Waals surface area (Å²) in [5, 5.41) is 15.8. The zero-order chi connectivity index (χ0) is 44.4. The lowest BCUT2D eigenvalue weighted by Crippen LogP contribution is -2.74. The Morgan fingerprint density at radius 3 is 2.32 bits per heavy atom. The summed E-state index contributed by atoms with van der Waals surface area (Å²) in [4.78, 5) is 63.2. The third kappa shape index (κ3) is 7.62. The number of hydrogen-bond acceptors (Lipinski definition) is 10. The number of ether oxygens (including phenoxy) is 1. The summed E-state index contributed by atoms with van der Waals surface area (Å²) in [6, 6.07) is 16.1. The van der Waals surface area contributed by atoms with E-state index in [-0.39, 0.29) is 54.5 Å². The molecule has 1 aromatic heterocycles. The summed E-state index contributed by atoms with van der Waals surface area (Å²) in [5.74, 6) is -1.42. The second-order valence-electron chi connectivity index (χ2n) is 18.9. The quantitative estimate of drug-likeness (QED) is 0.198. The van der Waals surface area contributed by atoms with Crippen molar-refractivity contribution in [2.24, 2.45) is 16.7 Å². The number of fused-ring (bicyclic) bond motifs is 2. The molecule has 1 aliphatic carbocycles. The van der Waals surface area contributed by atoms with Crippen molar-refractivity contribution in [1.82, 2.24) is 25.4 Å². The number of benzene rings is 3. The number of nitrogens with one attached hydrogen (secondary N) is 2. The molecule has 4 amide bonds. The lowest BCUT2D eigenvalue weighted by molar-refractivity contribution is -0.163. The topological polar surface area (TPSA) is 151 Å². The Morgan fingerprint density at radius 2 is 1.62 bits per heavy atom. The molecular formula is C48H52F2N8O5. The third-order valence-electron chi connectivity index (χ3n) is 14.2. The molecule has 4 fully saturated rings. The molecule has 328 valence electrons. The number of anilines is 2. The van der Waals surface area contributed by atoms with Crippen molar-refractivity contribution in [3.8, 4) is 11.8 Å². The van der Waals surface area contributed by atoms with E-state index in [9.17, 15) is 24.4 Å². The maximum Gasteiger partial charge on any atom is 0.255 e. The first kappa shape index (κ1) is 42.2. The Balaban J connectivity index is 0.755. The van der Waals surface area contributed by atoms with Gasteiger partial charge in [0, 0.05) is 98.4 Å². The smallest absolute Gasteiger partial charge is 0.255 e. The molecule has 3 saturated heterocycles. The predicted molar refractivity (Wildman–Crippen MR) is 232 cm³/mol. The normalized spacial score (nSPS) is 23.5. The Morgan fingerprint density at radius 1 is 0.905 bits per heavy atom. The minimum absolute atomic E-state index is 0.159. The number of imide groups is 1. The van der Waals surface area contributed by atoms with Gasteiger partial charge in [0.05, 0.1) is 22.5 Å². The van der Waals surface area contributed by atoms with E-state index in [0.717, 1.165) is 37.9 Å². The molecule has 1 atom stereocenters. The van der Waals surface area contributed by atoms with Gasteiger partial charge in [-0.05, 0) is 85.3 Å². The second kappa shape index (κ2) is 16.2. The van der Waals surface area contributed by atoms with Crippen LogP contribution in [0.15, 0.2) is 60.8 Å². The van der Waals surface area contributed by atoms with Crippen LogP contribution in [0.1, 0.15) is 85.2 Å². The summed E-state index contributed by atoms with van der Waals surface area (Å²) in [7, 11) is 0. The molecule has 9 rings (SSSR count). The van der Waals surface area contributed by atoms with E-state index in [1.165, 1.54) is 17.0 Å². The molecule has 0 spiro atoms. The van der Waals surface area contributed by atoms with Gasteiger partial charge in [0.1, 0.15) is 35.6 Å². The largest absolute Gasteiger partial charge is 0.488 e. The highest BCUT2D eigenvalue weighted by Crippen LogP contribution is 2.56. The van der Waals surface area contributed by atoms with E-state index in [0.29, 0.717) is 65.9 Å². The minimum Gasteiger partial charge on any atom is -0.488 e. The van der Waals surface area contributed by atoms with Gasteiger partial charge in [0.2, 0.25) is 11.8 Å². The summed E-state index contributed by atoms with van der Waals surface area (Å²) in [6.07, 6.45) is 3.58. The van der Waals surface area contributed by atoms with Crippen LogP contribution in [0.3, 0.4) is 0 Å². The van der Waals surface area contributed by atoms with E-state index in [4.69, 9.17) is 4.74 Å². The number of carbonyl (C=O) groups is 4. The third-order valence-corrected chi connectivity index (χ3v) is 14.2. The first-order chi connectivity index (χ1) is 30.1. The van der Waals surface area contributed by atoms with Crippen LogP contribution >= 0.6 is 0 Å². The number of piperazine rings is 1. The van der Waals surface area contributed by atoms with Crippen molar-refractivity contribution < 1.29 is 32.7 Å². The fraction of sp³-hybridized carbons (Fsp3) is 0.458. The summed E-state index contributed by atoms with van der Waals surface area (Å²) >= 11 is 0. The number of aromatic nitrogens is 1. The SMILES string of the molecule is CC1(C)C(NC(=O)c2ccc(N3CCC(CN4CCN(c5cc6c(cc5F)C(=O)N([C@H]5CCC(=O)NC5=O)C6)CC4)CC3)c(F)c2)C(C)(C)C1Oc1ccc(C#N)c2ncccc12. The molecule has 0 radical (unpaired) electrons. The zero-order valence-electron chi connectivity index (χ0n) is 36.0. The highest BCUT2D eigenvalue weighted by atomic mass is 19.1. The number of carbonyl (C=O) groups excluding carboxylic acids is 4. The highest BCUT2D eigenvalue weighted by Gasteiger charge is 2.64. The molecule has 3 aromatic carbocycles. The maximum absolute atomic E-state index is 15.8. The molecule has 15 heteroatoms. The van der Waals surface area contributed by atoms with Gasteiger partial charge in [-0.1, -0.05) is 27.7 Å². The lowest BCUT2D eigenvalue weighted by Gasteiger charge is -2.63. The van der Waals surface area contributed by atoms with Crippen LogP contribution in [-0.4, -0.2) is 102 Å². The number of hydrogen-bond donors (Lipinski definition) is 2. The van der Waals surface area contributed by atoms with Crippen molar-refractivity contribution in [1.29, 1.82) is 5.26 Å². The lowest BCUT2D eigenvalue weighted by atomic mass is 9.49. The van der Waals surface area contributed by atoms with E-state index >= 15 is 8.78 Å². The minimum atomic E-state index is -0.749. The molecule has 4 aromatic rings. The van der Waals surface area contributed by atoms with E-state index in [1.807, 2.05) is 17.0 Å². The Bertz CT molecular complexity index is 2540.